The fourth-order valence-corrected chi connectivity index (χ4v) is 5.12. The van der Waals surface area contributed by atoms with E-state index in [2.05, 4.69) is 45.5 Å². The fraction of sp³-hybridized carbons (Fsp3) is 0.258. The highest BCUT2D eigenvalue weighted by Gasteiger charge is 2.23. The minimum atomic E-state index is -0.288. The normalized spacial score (nSPS) is 15.5. The second kappa shape index (κ2) is 11.4. The van der Waals surface area contributed by atoms with Gasteiger partial charge in [0.25, 0.3) is 5.91 Å². The second-order valence-electron chi connectivity index (χ2n) is 9.71. The Hall–Kier alpha value is -4.03. The van der Waals surface area contributed by atoms with Gasteiger partial charge in [-0.1, -0.05) is 42.5 Å². The molecule has 1 atom stereocenters. The number of benzene rings is 3. The summed E-state index contributed by atoms with van der Waals surface area (Å²) in [4.78, 5) is 31.0. The van der Waals surface area contributed by atoms with Crippen LogP contribution in [0.1, 0.15) is 33.5 Å². The minimum absolute atomic E-state index is 0.146. The third-order valence-electron chi connectivity index (χ3n) is 7.03. The van der Waals surface area contributed by atoms with Gasteiger partial charge in [0, 0.05) is 42.1 Å². The molecule has 3 aromatic carbocycles. The summed E-state index contributed by atoms with van der Waals surface area (Å²) in [7, 11) is 1.37. The van der Waals surface area contributed by atoms with Crippen LogP contribution in [0.5, 0.6) is 0 Å². The minimum Gasteiger partial charge on any atom is -0.469 e. The van der Waals surface area contributed by atoms with Crippen molar-refractivity contribution < 1.29 is 14.3 Å². The Morgan fingerprint density at radius 1 is 1.03 bits per heavy atom. The molecule has 0 saturated carbocycles. The third-order valence-corrected chi connectivity index (χ3v) is 7.03. The Morgan fingerprint density at radius 3 is 2.70 bits per heavy atom. The number of nitrogens with zero attached hydrogens (tertiary/aromatic N) is 2. The average Bonchev–Trinajstić information content (AvgIpc) is 3.36. The summed E-state index contributed by atoms with van der Waals surface area (Å²) < 4.78 is 4.70. The molecule has 0 bridgehead atoms. The highest BCUT2D eigenvalue weighted by atomic mass is 16.5. The van der Waals surface area contributed by atoms with E-state index in [0.717, 1.165) is 37.2 Å². The number of fused-ring (bicyclic) bond motifs is 1. The summed E-state index contributed by atoms with van der Waals surface area (Å²) in [6, 6.07) is 23.7. The number of nitrogens with one attached hydrogen (secondary N) is 1. The van der Waals surface area contributed by atoms with Crippen molar-refractivity contribution in [2.75, 3.05) is 25.5 Å². The molecule has 1 amide bonds. The molecule has 0 spiro atoms. The molecule has 6 heteroatoms. The Morgan fingerprint density at radius 2 is 1.86 bits per heavy atom. The Labute approximate surface area is 217 Å². The molecule has 1 aliphatic rings. The number of rotatable bonds is 8. The molecule has 188 valence electrons. The number of amides is 1. The quantitative estimate of drug-likeness (QED) is 0.339. The maximum Gasteiger partial charge on any atom is 0.309 e. The Bertz CT molecular complexity index is 1400. The number of pyridine rings is 1. The predicted molar refractivity (Wildman–Crippen MR) is 145 cm³/mol. The maximum atomic E-state index is 12.9. The lowest BCUT2D eigenvalue weighted by molar-refractivity contribution is -0.139. The first-order chi connectivity index (χ1) is 18.1. The SMILES string of the molecule is COC(=O)Cc1ccc(NC(=O)c2cccc(CN3CCC(Cc4cccc5cnccc45)C3)c2)cc1. The van der Waals surface area contributed by atoms with E-state index >= 15 is 0 Å². The number of esters is 1. The van der Waals surface area contributed by atoms with Crippen molar-refractivity contribution in [2.45, 2.75) is 25.8 Å². The number of likely N-dealkylation sites (tertiary alicyclic amines) is 1. The monoisotopic (exact) mass is 493 g/mol. The van der Waals surface area contributed by atoms with Gasteiger partial charge in [0.1, 0.15) is 0 Å². The molecule has 1 aromatic heterocycles. The van der Waals surface area contributed by atoms with Gasteiger partial charge in [0.05, 0.1) is 13.5 Å². The zero-order valence-corrected chi connectivity index (χ0v) is 21.0. The van der Waals surface area contributed by atoms with Gasteiger partial charge >= 0.3 is 5.97 Å². The summed E-state index contributed by atoms with van der Waals surface area (Å²) in [5.41, 5.74) is 4.70. The van der Waals surface area contributed by atoms with Crippen LogP contribution in [0.25, 0.3) is 10.8 Å². The van der Waals surface area contributed by atoms with Crippen LogP contribution in [0.4, 0.5) is 5.69 Å². The summed E-state index contributed by atoms with van der Waals surface area (Å²) >= 11 is 0. The van der Waals surface area contributed by atoms with E-state index in [0.29, 0.717) is 17.2 Å². The molecule has 1 unspecified atom stereocenters. The van der Waals surface area contributed by atoms with Gasteiger partial charge < -0.3 is 10.1 Å². The molecule has 0 radical (unpaired) electrons. The molecule has 6 nitrogen and oxygen atoms in total. The molecule has 2 heterocycles. The van der Waals surface area contributed by atoms with Crippen molar-refractivity contribution in [3.05, 3.63) is 107 Å². The number of carbonyl (C=O) groups is 2. The molecular formula is C31H31N3O3. The lowest BCUT2D eigenvalue weighted by atomic mass is 9.95. The number of aromatic nitrogens is 1. The van der Waals surface area contributed by atoms with E-state index in [1.807, 2.05) is 42.7 Å². The summed E-state index contributed by atoms with van der Waals surface area (Å²) in [6.45, 7) is 2.94. The standard InChI is InChI=1S/C31H31N3O3/c1-37-30(35)18-22-8-10-28(11-9-22)33-31(36)26-6-2-4-23(17-26)20-34-15-13-24(21-34)16-25-5-3-7-27-19-32-14-12-29(25)27/h2-12,14,17,19,24H,13,15-16,18,20-21H2,1H3,(H,33,36). The molecule has 5 rings (SSSR count). The number of anilines is 1. The van der Waals surface area contributed by atoms with Crippen molar-refractivity contribution in [1.29, 1.82) is 0 Å². The number of carbonyl (C=O) groups excluding carboxylic acids is 2. The predicted octanol–water partition coefficient (Wildman–Crippen LogP) is 5.27. The lowest BCUT2D eigenvalue weighted by Gasteiger charge is -2.17. The second-order valence-corrected chi connectivity index (χ2v) is 9.71. The van der Waals surface area contributed by atoms with Crippen LogP contribution in [0.3, 0.4) is 0 Å². The Balaban J connectivity index is 1.17. The van der Waals surface area contributed by atoms with Crippen LogP contribution in [0.2, 0.25) is 0 Å². The zero-order chi connectivity index (χ0) is 25.6. The first-order valence-corrected chi connectivity index (χ1v) is 12.7. The molecule has 1 N–H and O–H groups in total. The van der Waals surface area contributed by atoms with Gasteiger partial charge in [-0.3, -0.25) is 19.5 Å². The average molecular weight is 494 g/mol. The summed E-state index contributed by atoms with van der Waals surface area (Å²) in [5, 5.41) is 5.44. The largest absolute Gasteiger partial charge is 0.469 e. The highest BCUT2D eigenvalue weighted by molar-refractivity contribution is 6.04. The first-order valence-electron chi connectivity index (χ1n) is 12.7. The van der Waals surface area contributed by atoms with Gasteiger partial charge in [-0.15, -0.1) is 0 Å². The first kappa shape index (κ1) is 24.7. The number of hydrogen-bond donors (Lipinski definition) is 1. The topological polar surface area (TPSA) is 71.5 Å². The number of ether oxygens (including phenoxy) is 1. The van der Waals surface area contributed by atoms with Crippen molar-refractivity contribution in [3.8, 4) is 0 Å². The molecule has 37 heavy (non-hydrogen) atoms. The maximum absolute atomic E-state index is 12.9. The van der Waals surface area contributed by atoms with Crippen molar-refractivity contribution in [2.24, 2.45) is 5.92 Å². The molecular weight excluding hydrogens is 462 g/mol. The molecule has 1 fully saturated rings. The van der Waals surface area contributed by atoms with Crippen LogP contribution in [0.15, 0.2) is 85.2 Å². The number of methoxy groups -OCH3 is 1. The third kappa shape index (κ3) is 6.22. The zero-order valence-electron chi connectivity index (χ0n) is 21.0. The van der Waals surface area contributed by atoms with E-state index in [4.69, 9.17) is 4.74 Å². The van der Waals surface area contributed by atoms with Crippen molar-refractivity contribution >= 4 is 28.3 Å². The smallest absolute Gasteiger partial charge is 0.309 e. The van der Waals surface area contributed by atoms with Crippen molar-refractivity contribution in [3.63, 3.8) is 0 Å². The molecule has 1 aliphatic heterocycles. The van der Waals surface area contributed by atoms with Crippen molar-refractivity contribution in [1.82, 2.24) is 9.88 Å². The van der Waals surface area contributed by atoms with Gasteiger partial charge in [-0.25, -0.2) is 0 Å². The molecule has 1 saturated heterocycles. The van der Waals surface area contributed by atoms with E-state index in [9.17, 15) is 9.59 Å². The van der Waals surface area contributed by atoms with Gasteiger partial charge in [0.15, 0.2) is 0 Å². The van der Waals surface area contributed by atoms with Gasteiger partial charge in [-0.05, 0) is 77.7 Å². The van der Waals surface area contributed by atoms with E-state index in [-0.39, 0.29) is 18.3 Å². The van der Waals surface area contributed by atoms with E-state index < -0.39 is 0 Å². The fourth-order valence-electron chi connectivity index (χ4n) is 5.12. The van der Waals surface area contributed by atoms with Gasteiger partial charge in [-0.2, -0.15) is 0 Å². The van der Waals surface area contributed by atoms with Crippen LogP contribution in [-0.2, 0) is 28.9 Å². The Kier molecular flexibility index (Phi) is 7.57. The van der Waals surface area contributed by atoms with Crippen LogP contribution >= 0.6 is 0 Å². The van der Waals surface area contributed by atoms with E-state index in [1.54, 1.807) is 12.1 Å². The van der Waals surface area contributed by atoms with Crippen LogP contribution in [-0.4, -0.2) is 42.0 Å². The van der Waals surface area contributed by atoms with Crippen LogP contribution < -0.4 is 5.32 Å². The van der Waals surface area contributed by atoms with Crippen LogP contribution in [0, 0.1) is 5.92 Å². The lowest BCUT2D eigenvalue weighted by Crippen LogP contribution is -2.21. The van der Waals surface area contributed by atoms with E-state index in [1.165, 1.54) is 29.9 Å². The van der Waals surface area contributed by atoms with Gasteiger partial charge in [0.2, 0.25) is 0 Å². The number of hydrogen-bond acceptors (Lipinski definition) is 5. The molecule has 4 aromatic rings. The highest BCUT2D eigenvalue weighted by Crippen LogP contribution is 2.26. The summed E-state index contributed by atoms with van der Waals surface area (Å²) in [5.74, 6) is 0.184. The molecule has 0 aliphatic carbocycles. The summed E-state index contributed by atoms with van der Waals surface area (Å²) in [6.07, 6.45) is 6.26.